The first kappa shape index (κ1) is 25.2. The van der Waals surface area contributed by atoms with Gasteiger partial charge in [-0.25, -0.2) is 4.39 Å². The van der Waals surface area contributed by atoms with E-state index in [-0.39, 0.29) is 23.4 Å². The van der Waals surface area contributed by atoms with Gasteiger partial charge in [0, 0.05) is 12.1 Å². The summed E-state index contributed by atoms with van der Waals surface area (Å²) in [6.07, 6.45) is 0. The van der Waals surface area contributed by atoms with Crippen molar-refractivity contribution in [2.75, 3.05) is 6.61 Å². The van der Waals surface area contributed by atoms with Crippen LogP contribution in [0.3, 0.4) is 0 Å². The number of rotatable bonds is 7. The van der Waals surface area contributed by atoms with E-state index in [1.807, 2.05) is 55.5 Å². The van der Waals surface area contributed by atoms with Gasteiger partial charge in [0.05, 0.1) is 18.2 Å². The van der Waals surface area contributed by atoms with Gasteiger partial charge in [-0.1, -0.05) is 55.8 Å². The van der Waals surface area contributed by atoms with Crippen molar-refractivity contribution in [1.29, 1.82) is 0 Å². The predicted molar refractivity (Wildman–Crippen MR) is 137 cm³/mol. The SMILES string of the molecule is Cc1cccc(C2/C(=C(/O)c3ccc(F)c(C)c3)C(=O)C(=O)N2Cc2ccc(OCC(C)C)cc2)c1. The second kappa shape index (κ2) is 10.4. The lowest BCUT2D eigenvalue weighted by molar-refractivity contribution is -0.140. The maximum Gasteiger partial charge on any atom is 0.295 e. The third-order valence-electron chi connectivity index (χ3n) is 6.19. The fourth-order valence-electron chi connectivity index (χ4n) is 4.33. The third kappa shape index (κ3) is 5.18. The number of nitrogens with zero attached hydrogens (tertiary/aromatic N) is 1. The number of likely N-dealkylation sites (tertiary alicyclic amines) is 1. The predicted octanol–water partition coefficient (Wildman–Crippen LogP) is 6.10. The van der Waals surface area contributed by atoms with Crippen molar-refractivity contribution in [3.63, 3.8) is 0 Å². The van der Waals surface area contributed by atoms with E-state index in [9.17, 15) is 19.1 Å². The molecule has 3 aromatic rings. The topological polar surface area (TPSA) is 66.8 Å². The number of aliphatic hydroxyl groups excluding tert-OH is 1. The van der Waals surface area contributed by atoms with Crippen LogP contribution in [0.5, 0.6) is 5.75 Å². The molecule has 0 spiro atoms. The van der Waals surface area contributed by atoms with Crippen LogP contribution in [0, 0.1) is 25.6 Å². The summed E-state index contributed by atoms with van der Waals surface area (Å²) in [4.78, 5) is 28.0. The van der Waals surface area contributed by atoms with Crippen molar-refractivity contribution in [2.45, 2.75) is 40.3 Å². The van der Waals surface area contributed by atoms with Gasteiger partial charge in [0.15, 0.2) is 0 Å². The standard InChI is InChI=1S/C30H30FNO4/c1-18(2)17-36-24-11-8-21(9-12-24)16-32-27(22-7-5-6-19(3)14-22)26(29(34)30(32)35)28(33)23-10-13-25(31)20(4)15-23/h5-15,18,27,33H,16-17H2,1-4H3/b28-26-. The van der Waals surface area contributed by atoms with Gasteiger partial charge < -0.3 is 14.7 Å². The van der Waals surface area contributed by atoms with E-state index in [1.165, 1.54) is 23.1 Å². The second-order valence-corrected chi connectivity index (χ2v) is 9.65. The number of amides is 1. The molecular formula is C30H30FNO4. The van der Waals surface area contributed by atoms with Crippen LogP contribution in [0.15, 0.2) is 72.3 Å². The molecule has 6 heteroatoms. The van der Waals surface area contributed by atoms with Gasteiger partial charge in [-0.15, -0.1) is 0 Å². The molecule has 0 saturated carbocycles. The Hall–Kier alpha value is -3.93. The molecule has 1 amide bonds. The largest absolute Gasteiger partial charge is 0.507 e. The van der Waals surface area contributed by atoms with Gasteiger partial charge in [-0.3, -0.25) is 9.59 Å². The summed E-state index contributed by atoms with van der Waals surface area (Å²) in [5.74, 6) is -1.06. The summed E-state index contributed by atoms with van der Waals surface area (Å²) in [7, 11) is 0. The molecule has 1 aliphatic rings. The van der Waals surface area contributed by atoms with Crippen LogP contribution in [-0.4, -0.2) is 28.3 Å². The quantitative estimate of drug-likeness (QED) is 0.248. The van der Waals surface area contributed by atoms with Gasteiger partial charge in [-0.2, -0.15) is 0 Å². The Bertz CT molecular complexity index is 1330. The van der Waals surface area contributed by atoms with Crippen molar-refractivity contribution in [1.82, 2.24) is 4.90 Å². The maximum absolute atomic E-state index is 13.8. The number of carbonyl (C=O) groups is 2. The number of hydrogen-bond acceptors (Lipinski definition) is 4. The summed E-state index contributed by atoms with van der Waals surface area (Å²) in [5, 5.41) is 11.2. The summed E-state index contributed by atoms with van der Waals surface area (Å²) in [6.45, 7) is 8.43. The fraction of sp³-hybridized carbons (Fsp3) is 0.267. The number of ether oxygens (including phenoxy) is 1. The van der Waals surface area contributed by atoms with Crippen LogP contribution < -0.4 is 4.74 Å². The van der Waals surface area contributed by atoms with Gasteiger partial charge in [-0.05, 0) is 66.8 Å². The molecule has 1 fully saturated rings. The van der Waals surface area contributed by atoms with Crippen molar-refractivity contribution >= 4 is 17.4 Å². The molecule has 0 radical (unpaired) electrons. The highest BCUT2D eigenvalue weighted by Crippen LogP contribution is 2.40. The van der Waals surface area contributed by atoms with Crippen molar-refractivity contribution in [2.24, 2.45) is 5.92 Å². The highest BCUT2D eigenvalue weighted by Gasteiger charge is 2.46. The number of carbonyl (C=O) groups excluding carboxylic acids is 2. The lowest BCUT2D eigenvalue weighted by atomic mass is 9.94. The zero-order chi connectivity index (χ0) is 26.0. The van der Waals surface area contributed by atoms with Crippen LogP contribution in [0.4, 0.5) is 4.39 Å². The van der Waals surface area contributed by atoms with E-state index in [0.29, 0.717) is 23.7 Å². The van der Waals surface area contributed by atoms with Gasteiger partial charge in [0.25, 0.3) is 11.7 Å². The molecule has 0 bridgehead atoms. The second-order valence-electron chi connectivity index (χ2n) is 9.65. The number of halogens is 1. The first-order valence-electron chi connectivity index (χ1n) is 12.0. The number of aryl methyl sites for hydroxylation is 2. The molecule has 186 valence electrons. The van der Waals surface area contributed by atoms with Crippen molar-refractivity contribution in [3.8, 4) is 5.75 Å². The Labute approximate surface area is 210 Å². The number of benzene rings is 3. The average Bonchev–Trinajstić information content (AvgIpc) is 3.09. The Morgan fingerprint density at radius 2 is 1.75 bits per heavy atom. The minimum atomic E-state index is -0.785. The van der Waals surface area contributed by atoms with Crippen molar-refractivity contribution < 1.29 is 23.8 Å². The van der Waals surface area contributed by atoms with Gasteiger partial charge in [0.2, 0.25) is 0 Å². The number of aliphatic hydroxyl groups is 1. The minimum absolute atomic E-state index is 0.00602. The zero-order valence-electron chi connectivity index (χ0n) is 20.9. The Morgan fingerprint density at radius 3 is 2.39 bits per heavy atom. The highest BCUT2D eigenvalue weighted by molar-refractivity contribution is 6.46. The van der Waals surface area contributed by atoms with E-state index in [2.05, 4.69) is 13.8 Å². The molecule has 1 atom stereocenters. The summed E-state index contributed by atoms with van der Waals surface area (Å²) < 4.78 is 19.6. The molecule has 1 heterocycles. The Balaban J connectivity index is 1.75. The molecule has 1 N–H and O–H groups in total. The molecule has 5 nitrogen and oxygen atoms in total. The third-order valence-corrected chi connectivity index (χ3v) is 6.19. The van der Waals surface area contributed by atoms with E-state index in [4.69, 9.17) is 4.74 Å². The first-order valence-corrected chi connectivity index (χ1v) is 12.0. The number of hydrogen-bond donors (Lipinski definition) is 1. The Morgan fingerprint density at radius 1 is 1.03 bits per heavy atom. The zero-order valence-corrected chi connectivity index (χ0v) is 20.9. The van der Waals surface area contributed by atoms with Crippen LogP contribution in [0.25, 0.3) is 5.76 Å². The average molecular weight is 488 g/mol. The smallest absolute Gasteiger partial charge is 0.295 e. The van der Waals surface area contributed by atoms with Crippen LogP contribution in [-0.2, 0) is 16.1 Å². The molecule has 1 unspecified atom stereocenters. The summed E-state index contributed by atoms with van der Waals surface area (Å²) >= 11 is 0. The fourth-order valence-corrected chi connectivity index (χ4v) is 4.33. The first-order chi connectivity index (χ1) is 17.2. The highest BCUT2D eigenvalue weighted by atomic mass is 19.1. The molecule has 1 aliphatic heterocycles. The van der Waals surface area contributed by atoms with Gasteiger partial charge >= 0.3 is 0 Å². The molecule has 3 aromatic carbocycles. The molecular weight excluding hydrogens is 457 g/mol. The van der Waals surface area contributed by atoms with Gasteiger partial charge in [0.1, 0.15) is 17.3 Å². The van der Waals surface area contributed by atoms with Crippen LogP contribution in [0.1, 0.15) is 47.7 Å². The molecule has 0 aliphatic carbocycles. The van der Waals surface area contributed by atoms with Crippen LogP contribution >= 0.6 is 0 Å². The van der Waals surface area contributed by atoms with Crippen LogP contribution in [0.2, 0.25) is 0 Å². The molecule has 1 saturated heterocycles. The van der Waals surface area contributed by atoms with E-state index < -0.39 is 23.5 Å². The molecule has 4 rings (SSSR count). The number of Topliss-reactive ketones (excluding diaryl/α,β-unsaturated/α-hetero) is 1. The van der Waals surface area contributed by atoms with E-state index in [0.717, 1.165) is 16.9 Å². The Kier molecular flexibility index (Phi) is 7.25. The lowest BCUT2D eigenvalue weighted by Crippen LogP contribution is -2.29. The maximum atomic E-state index is 13.8. The summed E-state index contributed by atoms with van der Waals surface area (Å²) in [6, 6.07) is 18.3. The van der Waals surface area contributed by atoms with E-state index in [1.54, 1.807) is 6.92 Å². The monoisotopic (exact) mass is 487 g/mol. The minimum Gasteiger partial charge on any atom is -0.507 e. The lowest BCUT2D eigenvalue weighted by Gasteiger charge is -2.26. The normalized spacial score (nSPS) is 17.2. The summed E-state index contributed by atoms with van der Waals surface area (Å²) in [5.41, 5.74) is 3.11. The molecule has 36 heavy (non-hydrogen) atoms. The molecule has 0 aromatic heterocycles. The number of ketones is 1. The van der Waals surface area contributed by atoms with Crippen molar-refractivity contribution in [3.05, 3.63) is 106 Å². The van der Waals surface area contributed by atoms with E-state index >= 15 is 0 Å².